The van der Waals surface area contributed by atoms with Crippen LogP contribution in [0.5, 0.6) is 23.1 Å². The molecule has 0 radical (unpaired) electrons. The van der Waals surface area contributed by atoms with Crippen LogP contribution in [0.2, 0.25) is 10.0 Å². The number of nitrogens with zero attached hydrogens (tertiary/aromatic N) is 5. The number of carboxylic acid groups (broad SMARTS) is 1. The van der Waals surface area contributed by atoms with Crippen molar-refractivity contribution in [3.63, 3.8) is 0 Å². The lowest BCUT2D eigenvalue weighted by molar-refractivity contribution is -0.884. The van der Waals surface area contributed by atoms with Gasteiger partial charge in [-0.05, 0) is 98.2 Å². The molecule has 1 saturated carbocycles. The second kappa shape index (κ2) is 22.5. The van der Waals surface area contributed by atoms with E-state index < -0.39 is 24.0 Å². The van der Waals surface area contributed by atoms with Gasteiger partial charge >= 0.3 is 5.97 Å². The van der Waals surface area contributed by atoms with Gasteiger partial charge in [-0.15, -0.1) is 11.3 Å². The largest absolute Gasteiger partial charge is 0.490 e. The third-order valence-corrected chi connectivity index (χ3v) is 16.1. The first-order valence-electron chi connectivity index (χ1n) is 24.6. The van der Waals surface area contributed by atoms with Crippen molar-refractivity contribution in [1.29, 1.82) is 0 Å². The number of ether oxygens (including phenoxy) is 7. The van der Waals surface area contributed by atoms with Crippen LogP contribution in [0.1, 0.15) is 59.8 Å². The zero-order chi connectivity index (χ0) is 49.9. The maximum atomic E-state index is 14.4. The van der Waals surface area contributed by atoms with Crippen molar-refractivity contribution in [1.82, 2.24) is 24.8 Å². The number of nitrogens with one attached hydrogen (secondary N) is 1. The third kappa shape index (κ3) is 11.3. The van der Waals surface area contributed by atoms with Gasteiger partial charge in [0.1, 0.15) is 59.7 Å². The van der Waals surface area contributed by atoms with Gasteiger partial charge in [-0.25, -0.2) is 29.1 Å². The molecule has 3 aromatic carbocycles. The highest BCUT2D eigenvalue weighted by atomic mass is 35.5. The van der Waals surface area contributed by atoms with Gasteiger partial charge in [0.2, 0.25) is 12.0 Å². The molecule has 15 nitrogen and oxygen atoms in total. The number of carbonyl (C=O) groups is 1. The lowest BCUT2D eigenvalue weighted by Crippen LogP contribution is -3.12. The summed E-state index contributed by atoms with van der Waals surface area (Å²) in [5.74, 6) is 0.577. The van der Waals surface area contributed by atoms with Crippen LogP contribution >= 0.6 is 34.5 Å². The monoisotopic (exact) mass is 1040 g/mol. The number of carboxylic acids is 1. The summed E-state index contributed by atoms with van der Waals surface area (Å²) in [4.78, 5) is 37.3. The van der Waals surface area contributed by atoms with E-state index in [1.54, 1.807) is 36.5 Å². The smallest absolute Gasteiger partial charge is 0.345 e. The van der Waals surface area contributed by atoms with Crippen molar-refractivity contribution in [2.24, 2.45) is 0 Å². The number of aromatic nitrogens is 4. The van der Waals surface area contributed by atoms with Crippen molar-refractivity contribution in [2.75, 3.05) is 72.8 Å². The molecule has 3 atom stereocenters. The van der Waals surface area contributed by atoms with E-state index in [-0.39, 0.29) is 43.6 Å². The molecule has 19 heteroatoms. The lowest BCUT2D eigenvalue weighted by atomic mass is 9.86. The number of hydrogen-bond donors (Lipinski definition) is 2. The average Bonchev–Trinajstić information content (AvgIpc) is 3.78. The summed E-state index contributed by atoms with van der Waals surface area (Å²) >= 11 is 16.0. The van der Waals surface area contributed by atoms with Gasteiger partial charge in [-0.1, -0.05) is 35.3 Å². The second-order valence-corrected chi connectivity index (χ2v) is 20.8. The number of aliphatic carboxylic acids is 1. The molecule has 1 aliphatic carbocycles. The molecular formula is C53H58Cl2FN6O9S+. The van der Waals surface area contributed by atoms with Gasteiger partial charge in [0.25, 0.3) is 0 Å². The number of halogens is 3. The predicted octanol–water partition coefficient (Wildman–Crippen LogP) is 7.96. The molecule has 72 heavy (non-hydrogen) atoms. The first-order chi connectivity index (χ1) is 34.9. The zero-order valence-corrected chi connectivity index (χ0v) is 42.8. The number of fused-ring (bicyclic) bond motifs is 7. The highest BCUT2D eigenvalue weighted by Crippen LogP contribution is 2.53. The lowest BCUT2D eigenvalue weighted by Gasteiger charge is -2.33. The Kier molecular flexibility index (Phi) is 15.7. The van der Waals surface area contributed by atoms with Crippen LogP contribution in [-0.2, 0) is 32.0 Å². The summed E-state index contributed by atoms with van der Waals surface area (Å²) in [6.07, 6.45) is 4.69. The number of thiophene rings is 1. The molecule has 2 N–H and O–H groups in total. The first kappa shape index (κ1) is 50.3. The van der Waals surface area contributed by atoms with Crippen LogP contribution < -0.4 is 23.8 Å². The minimum atomic E-state index is -1.46. The number of rotatable bonds is 11. The SMILES string of the molecule is Cc1c(Cl)c2c(Cl)c(C)c1-c1c(-c3ccc(F)cc3)sc3ncnc(c13)O[C@@H](C(=O)O)Cc1cc(ccc1OCc1ccnc(C3CCC(OC[C@@H]4COCCO4)CC3)n1)OC[C@@H](CN1CC[NH+](C)CC1)O2. The Balaban J connectivity index is 0.984. The topological polar surface area (TPSA) is 161 Å². The number of hydrogen-bond acceptors (Lipinski definition) is 14. The van der Waals surface area contributed by atoms with Crippen molar-refractivity contribution in [2.45, 2.75) is 82.9 Å². The minimum Gasteiger partial charge on any atom is -0.490 e. The average molecular weight is 1050 g/mol. The van der Waals surface area contributed by atoms with Gasteiger partial charge in [-0.3, -0.25) is 4.90 Å². The van der Waals surface area contributed by atoms with Crippen LogP contribution in [0.15, 0.2) is 61.1 Å². The Hall–Kier alpha value is -5.24. The normalized spacial score (nSPS) is 22.2. The van der Waals surface area contributed by atoms with Gasteiger partial charge in [0, 0.05) is 54.2 Å². The quantitative estimate of drug-likeness (QED) is 0.129. The summed E-state index contributed by atoms with van der Waals surface area (Å²) in [5, 5.41) is 12.0. The molecule has 11 rings (SSSR count). The molecule has 2 saturated heterocycles. The maximum absolute atomic E-state index is 14.4. The highest BCUT2D eigenvalue weighted by molar-refractivity contribution is 7.22. The third-order valence-electron chi connectivity index (χ3n) is 14.0. The molecule has 0 amide bonds. The van der Waals surface area contributed by atoms with Crippen molar-refractivity contribution < 1.29 is 52.3 Å². The standard InChI is InChI=1S/C53H57Cl2FN6O9S/c1-30-43-31(2)47(55)48(46(30)54)70-39(24-62-18-16-61(3)17-19-62)27-68-38-12-13-41(69-25-36-14-15-57-50(60-36)33-6-10-37(11-7-33)67-28-40-26-65-20-21-66-40)34(22-38)23-42(53(63)64)71-51-45-44(43)49(72-52(45)59-29-58-51)32-4-8-35(56)9-5-32/h4-5,8-9,12-15,22,29,33,37,39-40,42H,6-7,10-11,16-21,23-28H2,1-3H3,(H,63,64)/p+1/t33?,37?,39-,40+,42-/m1/s1. The fourth-order valence-electron chi connectivity index (χ4n) is 10.0. The number of piperazine rings is 1. The van der Waals surface area contributed by atoms with Crippen LogP contribution in [0.25, 0.3) is 31.8 Å². The van der Waals surface area contributed by atoms with E-state index in [0.717, 1.165) is 57.7 Å². The van der Waals surface area contributed by atoms with E-state index in [1.807, 2.05) is 19.9 Å². The fourth-order valence-corrected chi connectivity index (χ4v) is 11.7. The van der Waals surface area contributed by atoms with Gasteiger partial charge in [-0.2, -0.15) is 0 Å². The van der Waals surface area contributed by atoms with Crippen molar-refractivity contribution >= 4 is 50.7 Å². The Bertz CT molecular complexity index is 2860. The maximum Gasteiger partial charge on any atom is 0.345 e. The Morgan fingerprint density at radius 3 is 2.44 bits per heavy atom. The van der Waals surface area contributed by atoms with E-state index in [4.69, 9.17) is 61.3 Å². The molecule has 3 fully saturated rings. The molecule has 0 unspecified atom stereocenters. The molecule has 0 spiro atoms. The molecule has 380 valence electrons. The Morgan fingerprint density at radius 2 is 1.71 bits per heavy atom. The second-order valence-electron chi connectivity index (χ2n) is 19.1. The summed E-state index contributed by atoms with van der Waals surface area (Å²) in [6, 6.07) is 13.3. The molecule has 3 aromatic heterocycles. The summed E-state index contributed by atoms with van der Waals surface area (Å²) in [7, 11) is 2.19. The number of likely N-dealkylation sites (N-methyl/N-ethyl adjacent to an activating group) is 1. The molecule has 6 aromatic rings. The minimum absolute atomic E-state index is 0.0257. The summed E-state index contributed by atoms with van der Waals surface area (Å²) in [5.41, 5.74) is 4.51. The van der Waals surface area contributed by atoms with Gasteiger partial charge < -0.3 is 43.2 Å². The molecule has 4 aliphatic heterocycles. The predicted molar refractivity (Wildman–Crippen MR) is 271 cm³/mol. The van der Waals surface area contributed by atoms with E-state index in [0.29, 0.717) is 114 Å². The van der Waals surface area contributed by atoms with Crippen molar-refractivity contribution in [3.8, 4) is 44.7 Å². The molecule has 7 heterocycles. The Labute approximate surface area is 431 Å². The molecular weight excluding hydrogens is 987 g/mol. The van der Waals surface area contributed by atoms with E-state index in [1.165, 1.54) is 34.7 Å². The Morgan fingerprint density at radius 1 is 0.931 bits per heavy atom. The zero-order valence-electron chi connectivity index (χ0n) is 40.5. The number of benzene rings is 3. The van der Waals surface area contributed by atoms with Crippen LogP contribution in [0, 0.1) is 19.7 Å². The van der Waals surface area contributed by atoms with E-state index >= 15 is 0 Å². The number of quaternary nitrogens is 1. The fraction of sp³-hybridized carbons (Fsp3) is 0.453. The van der Waals surface area contributed by atoms with E-state index in [2.05, 4.69) is 26.9 Å². The van der Waals surface area contributed by atoms with Gasteiger partial charge in [0.15, 0.2) is 5.75 Å². The molecule has 4 bridgehead atoms. The summed E-state index contributed by atoms with van der Waals surface area (Å²) < 4.78 is 58.4. The van der Waals surface area contributed by atoms with E-state index in [9.17, 15) is 14.3 Å². The van der Waals surface area contributed by atoms with Crippen LogP contribution in [0.4, 0.5) is 4.39 Å². The molecule has 5 aliphatic rings. The van der Waals surface area contributed by atoms with Gasteiger partial charge in [0.05, 0.1) is 73.8 Å². The van der Waals surface area contributed by atoms with Crippen LogP contribution in [0.3, 0.4) is 0 Å². The highest BCUT2D eigenvalue weighted by Gasteiger charge is 2.33. The van der Waals surface area contributed by atoms with Crippen molar-refractivity contribution in [3.05, 3.63) is 105 Å². The van der Waals surface area contributed by atoms with Crippen LogP contribution in [-0.4, -0.2) is 133 Å². The summed E-state index contributed by atoms with van der Waals surface area (Å²) in [6.45, 7) is 10.5. The first-order valence-corrected chi connectivity index (χ1v) is 26.2.